The standard InChI is InChI=1S/C106H58O5/c1-2-21-60-53-65(44-40-59(60)20-1)97-77-29-9-11-31-79(77)99(80-32-12-10-30-78(80)97)81-49-48-71(69-22-3-4-23-70(69)81)88-58-90-82-36-19-35-68(102(82)111-106(90)101-84-34-15-18-39-93(84)110-104(88)101)63-43-41-62-54-66(45-42-61(62)52-63)96-73-25-5-7-27-75(73)98(76-28-8-6-26-74(76)96)67-47-51-95-87(56-67)86-55-64(46-50-94(86)107-95)85-57-89-72-24-13-16-37-91(72)108-105(89)100-83-33-14-17-38-92(83)109-103(85)100/h1-58H. The van der Waals surface area contributed by atoms with Crippen LogP contribution in [0.5, 0.6) is 0 Å². The Morgan fingerprint density at radius 2 is 0.486 bits per heavy atom. The van der Waals surface area contributed by atoms with Crippen LogP contribution in [-0.4, -0.2) is 0 Å². The summed E-state index contributed by atoms with van der Waals surface area (Å²) in [6.07, 6.45) is 0. The lowest BCUT2D eigenvalue weighted by atomic mass is 9.83. The molecule has 0 atom stereocenters. The van der Waals surface area contributed by atoms with Gasteiger partial charge in [-0.25, -0.2) is 0 Å². The summed E-state index contributed by atoms with van der Waals surface area (Å²) in [4.78, 5) is 0. The van der Waals surface area contributed by atoms with E-state index in [1.54, 1.807) is 0 Å². The maximum absolute atomic E-state index is 7.36. The Morgan fingerprint density at radius 3 is 1.07 bits per heavy atom. The summed E-state index contributed by atoms with van der Waals surface area (Å²) >= 11 is 0. The van der Waals surface area contributed by atoms with E-state index in [0.29, 0.717) is 0 Å². The monoisotopic (exact) mass is 1410 g/mol. The van der Waals surface area contributed by atoms with Crippen LogP contribution >= 0.6 is 0 Å². The molecule has 0 radical (unpaired) electrons. The Morgan fingerprint density at radius 1 is 0.135 bits per heavy atom. The molecule has 0 aliphatic carbocycles. The molecule has 5 nitrogen and oxygen atoms in total. The van der Waals surface area contributed by atoms with Crippen molar-refractivity contribution in [2.45, 2.75) is 0 Å². The number of furan rings is 5. The molecule has 0 aliphatic heterocycles. The third-order valence-electron chi connectivity index (χ3n) is 24.0. The molecular weight excluding hydrogens is 1350 g/mol. The minimum absolute atomic E-state index is 0.800. The lowest BCUT2D eigenvalue weighted by molar-refractivity contribution is 0.663. The topological polar surface area (TPSA) is 65.7 Å². The molecule has 0 aliphatic rings. The largest absolute Gasteiger partial charge is 0.456 e. The van der Waals surface area contributed by atoms with E-state index in [0.717, 1.165) is 170 Å². The Hall–Kier alpha value is -14.8. The van der Waals surface area contributed by atoms with Crippen molar-refractivity contribution in [3.05, 3.63) is 352 Å². The van der Waals surface area contributed by atoms with E-state index in [1.165, 1.54) is 92.6 Å². The lowest BCUT2D eigenvalue weighted by Crippen LogP contribution is -1.92. The second-order valence-electron chi connectivity index (χ2n) is 29.8. The first kappa shape index (κ1) is 60.4. The molecule has 111 heavy (non-hydrogen) atoms. The molecule has 512 valence electrons. The van der Waals surface area contributed by atoms with Crippen LogP contribution in [0.15, 0.2) is 374 Å². The molecule has 0 N–H and O–H groups in total. The highest BCUT2D eigenvalue weighted by atomic mass is 16.4. The smallest absolute Gasteiger partial charge is 0.147 e. The zero-order chi connectivity index (χ0) is 72.3. The molecule has 0 fully saturated rings. The summed E-state index contributed by atoms with van der Waals surface area (Å²) < 4.78 is 34.5. The summed E-state index contributed by atoms with van der Waals surface area (Å²) in [5.74, 6) is 0. The summed E-state index contributed by atoms with van der Waals surface area (Å²) in [7, 11) is 0. The predicted molar refractivity (Wildman–Crippen MR) is 463 cm³/mol. The fraction of sp³-hybridized carbons (Fsp3) is 0. The van der Waals surface area contributed by atoms with Crippen LogP contribution in [-0.2, 0) is 0 Å². The Balaban J connectivity index is 0.600. The van der Waals surface area contributed by atoms with Gasteiger partial charge < -0.3 is 22.1 Å². The summed E-state index contributed by atoms with van der Waals surface area (Å²) in [6, 6.07) is 128. The van der Waals surface area contributed by atoms with Crippen LogP contribution in [0.4, 0.5) is 0 Å². The van der Waals surface area contributed by atoms with Crippen molar-refractivity contribution in [2.75, 3.05) is 0 Å². The normalized spacial score (nSPS) is 12.3. The second kappa shape index (κ2) is 22.9. The maximum atomic E-state index is 7.36. The molecule has 0 saturated carbocycles. The number of benzene rings is 20. The zero-order valence-corrected chi connectivity index (χ0v) is 59.5. The third-order valence-corrected chi connectivity index (χ3v) is 24.0. The number of para-hydroxylation sites is 4. The average molecular weight is 1410 g/mol. The number of fused-ring (bicyclic) bond motifs is 24. The van der Waals surface area contributed by atoms with Gasteiger partial charge in [-0.3, -0.25) is 0 Å². The Labute approximate surface area is 632 Å². The van der Waals surface area contributed by atoms with Gasteiger partial charge in [-0.05, 0) is 209 Å². The lowest BCUT2D eigenvalue weighted by Gasteiger charge is -2.20. The molecule has 0 unspecified atom stereocenters. The first-order chi connectivity index (χ1) is 55.0. The van der Waals surface area contributed by atoms with Gasteiger partial charge in [-0.1, -0.05) is 279 Å². The van der Waals surface area contributed by atoms with Crippen LogP contribution in [0.1, 0.15) is 0 Å². The SMILES string of the molecule is c1ccc2cc(-c3c4ccccc4c(-c4ccc(-c5cc6c7cccc(-c8ccc9cc(-c%10c%11ccccc%11c(-c%11ccc%12oc%13ccc(-c%14cc%15c%16ccccc%16oc%15c%15c%14oc%14ccccc%14%15)cc%13c%12c%11)c%11ccccc%10%11)ccc9c8)c7oc6c6c5oc5ccccc56)c5ccccc45)c4ccccc34)ccc2c1. The van der Waals surface area contributed by atoms with Crippen molar-refractivity contribution in [3.8, 4) is 77.9 Å². The summed E-state index contributed by atoms with van der Waals surface area (Å²) in [6.45, 7) is 0. The van der Waals surface area contributed by atoms with Crippen molar-refractivity contribution >= 4 is 185 Å². The molecule has 5 heteroatoms. The Kier molecular flexibility index (Phi) is 12.4. The van der Waals surface area contributed by atoms with Gasteiger partial charge in [0.15, 0.2) is 0 Å². The van der Waals surface area contributed by atoms with Crippen molar-refractivity contribution in [1.29, 1.82) is 0 Å². The zero-order valence-electron chi connectivity index (χ0n) is 59.5. The van der Waals surface area contributed by atoms with E-state index >= 15 is 0 Å². The molecule has 25 rings (SSSR count). The van der Waals surface area contributed by atoms with E-state index in [9.17, 15) is 0 Å². The van der Waals surface area contributed by atoms with Gasteiger partial charge >= 0.3 is 0 Å². The van der Waals surface area contributed by atoms with Crippen molar-refractivity contribution in [1.82, 2.24) is 0 Å². The van der Waals surface area contributed by atoms with Gasteiger partial charge in [0.05, 0.1) is 10.8 Å². The fourth-order valence-corrected chi connectivity index (χ4v) is 19.1. The third kappa shape index (κ3) is 8.71. The van der Waals surface area contributed by atoms with Gasteiger partial charge in [0.2, 0.25) is 0 Å². The maximum Gasteiger partial charge on any atom is 0.147 e. The molecule has 0 spiro atoms. The number of hydrogen-bond donors (Lipinski definition) is 0. The van der Waals surface area contributed by atoms with E-state index in [2.05, 4.69) is 328 Å². The molecular formula is C106H58O5. The first-order valence-electron chi connectivity index (χ1n) is 38.0. The van der Waals surface area contributed by atoms with Crippen molar-refractivity contribution in [3.63, 3.8) is 0 Å². The fourth-order valence-electron chi connectivity index (χ4n) is 19.1. The van der Waals surface area contributed by atoms with Crippen LogP contribution in [0.25, 0.3) is 263 Å². The van der Waals surface area contributed by atoms with Gasteiger partial charge in [0.1, 0.15) is 55.8 Å². The number of rotatable bonds is 7. The number of hydrogen-bond acceptors (Lipinski definition) is 5. The van der Waals surface area contributed by atoms with Gasteiger partial charge in [0, 0.05) is 59.8 Å². The minimum atomic E-state index is 0.800. The average Bonchev–Trinajstić information content (AvgIpc) is 1.67. The molecule has 5 aromatic heterocycles. The van der Waals surface area contributed by atoms with Gasteiger partial charge in [-0.15, -0.1) is 0 Å². The highest BCUT2D eigenvalue weighted by molar-refractivity contribution is 6.31. The van der Waals surface area contributed by atoms with Crippen molar-refractivity contribution < 1.29 is 22.1 Å². The quantitative estimate of drug-likeness (QED) is 0.149. The molecule has 0 amide bonds. The van der Waals surface area contributed by atoms with E-state index < -0.39 is 0 Å². The molecule has 0 bridgehead atoms. The van der Waals surface area contributed by atoms with Crippen LogP contribution < -0.4 is 0 Å². The van der Waals surface area contributed by atoms with Crippen LogP contribution in [0.3, 0.4) is 0 Å². The first-order valence-corrected chi connectivity index (χ1v) is 38.0. The van der Waals surface area contributed by atoms with Crippen LogP contribution in [0.2, 0.25) is 0 Å². The minimum Gasteiger partial charge on any atom is -0.456 e. The summed E-state index contributed by atoms with van der Waals surface area (Å²) in [5, 5.41) is 27.0. The highest BCUT2D eigenvalue weighted by Gasteiger charge is 2.28. The molecule has 5 heterocycles. The van der Waals surface area contributed by atoms with E-state index in [-0.39, 0.29) is 0 Å². The Bertz CT molecular complexity index is 8300. The summed E-state index contributed by atoms with van der Waals surface area (Å²) in [5.41, 5.74) is 24.0. The van der Waals surface area contributed by atoms with E-state index in [4.69, 9.17) is 22.1 Å². The van der Waals surface area contributed by atoms with E-state index in [1.807, 2.05) is 24.3 Å². The predicted octanol–water partition coefficient (Wildman–Crippen LogP) is 30.9. The van der Waals surface area contributed by atoms with Gasteiger partial charge in [-0.2, -0.15) is 0 Å². The molecule has 25 aromatic rings. The second-order valence-corrected chi connectivity index (χ2v) is 29.8. The molecule has 20 aromatic carbocycles. The molecule has 0 saturated heterocycles. The van der Waals surface area contributed by atoms with Crippen LogP contribution in [0, 0.1) is 0 Å². The van der Waals surface area contributed by atoms with Gasteiger partial charge in [0.25, 0.3) is 0 Å². The highest BCUT2D eigenvalue weighted by Crippen LogP contribution is 2.53. The van der Waals surface area contributed by atoms with Crippen molar-refractivity contribution in [2.24, 2.45) is 0 Å².